The van der Waals surface area contributed by atoms with Gasteiger partial charge in [0.1, 0.15) is 5.82 Å². The molecule has 88 valence electrons. The number of aryl methyl sites for hydroxylation is 1. The normalized spacial score (nSPS) is 10.5. The molecule has 0 saturated heterocycles. The summed E-state index contributed by atoms with van der Waals surface area (Å²) >= 11 is 0. The van der Waals surface area contributed by atoms with Crippen LogP contribution in [0.4, 0.5) is 4.39 Å². The molecule has 0 spiro atoms. The Kier molecular flexibility index (Phi) is 3.86. The van der Waals surface area contributed by atoms with Gasteiger partial charge in [-0.2, -0.15) is 0 Å². The molecule has 2 heteroatoms. The molecule has 0 bridgehead atoms. The van der Waals surface area contributed by atoms with Crippen LogP contribution in [0.1, 0.15) is 25.3 Å². The zero-order valence-electron chi connectivity index (χ0n) is 9.99. The molecule has 0 aliphatic heterocycles. The highest BCUT2D eigenvalue weighted by Gasteiger charge is 2.06. The van der Waals surface area contributed by atoms with E-state index in [2.05, 4.69) is 11.9 Å². The molecule has 0 N–H and O–H groups in total. The maximum atomic E-state index is 13.7. The van der Waals surface area contributed by atoms with Crippen molar-refractivity contribution in [2.24, 2.45) is 0 Å². The van der Waals surface area contributed by atoms with Crippen LogP contribution in [0.5, 0.6) is 0 Å². The number of aromatic nitrogens is 1. The average molecular weight is 229 g/mol. The Morgan fingerprint density at radius 2 is 2.12 bits per heavy atom. The van der Waals surface area contributed by atoms with E-state index in [0.29, 0.717) is 5.56 Å². The van der Waals surface area contributed by atoms with Crippen molar-refractivity contribution < 1.29 is 4.39 Å². The van der Waals surface area contributed by atoms with E-state index in [9.17, 15) is 4.39 Å². The van der Waals surface area contributed by atoms with Crippen LogP contribution in [0.3, 0.4) is 0 Å². The molecule has 0 aliphatic rings. The van der Waals surface area contributed by atoms with Crippen molar-refractivity contribution >= 4 is 0 Å². The predicted molar refractivity (Wildman–Crippen MR) is 68.2 cm³/mol. The molecule has 17 heavy (non-hydrogen) atoms. The fraction of sp³-hybridized carbons (Fsp3) is 0.267. The lowest BCUT2D eigenvalue weighted by Gasteiger charge is -2.06. The Bertz CT molecular complexity index is 480. The van der Waals surface area contributed by atoms with Gasteiger partial charge in [0, 0.05) is 23.5 Å². The van der Waals surface area contributed by atoms with Crippen LogP contribution in [-0.4, -0.2) is 4.98 Å². The number of pyridine rings is 1. The van der Waals surface area contributed by atoms with Crippen LogP contribution < -0.4 is 0 Å². The fourth-order valence-corrected chi connectivity index (χ4v) is 1.85. The number of benzene rings is 1. The molecule has 0 saturated carbocycles. The molecule has 2 aromatic rings. The molecule has 0 amide bonds. The lowest BCUT2D eigenvalue weighted by molar-refractivity contribution is 0.630. The minimum Gasteiger partial charge on any atom is -0.264 e. The number of hydrogen-bond donors (Lipinski definition) is 0. The summed E-state index contributed by atoms with van der Waals surface area (Å²) in [6.07, 6.45) is 6.69. The van der Waals surface area contributed by atoms with Gasteiger partial charge < -0.3 is 0 Å². The lowest BCUT2D eigenvalue weighted by Crippen LogP contribution is -1.90. The van der Waals surface area contributed by atoms with Crippen molar-refractivity contribution in [1.29, 1.82) is 0 Å². The predicted octanol–water partition coefficient (Wildman–Crippen LogP) is 4.23. The largest absolute Gasteiger partial charge is 0.264 e. The molecule has 1 aromatic carbocycles. The van der Waals surface area contributed by atoms with Gasteiger partial charge in [-0.05, 0) is 36.6 Å². The van der Waals surface area contributed by atoms with Gasteiger partial charge in [0.25, 0.3) is 0 Å². The number of nitrogens with zero attached hydrogens (tertiary/aromatic N) is 1. The second-order valence-corrected chi connectivity index (χ2v) is 4.16. The maximum absolute atomic E-state index is 13.7. The molecule has 1 heterocycles. The minimum absolute atomic E-state index is 0.182. The zero-order valence-corrected chi connectivity index (χ0v) is 9.99. The Morgan fingerprint density at radius 1 is 1.24 bits per heavy atom. The van der Waals surface area contributed by atoms with Crippen LogP contribution in [0.15, 0.2) is 42.7 Å². The van der Waals surface area contributed by atoms with E-state index in [4.69, 9.17) is 0 Å². The number of hydrogen-bond acceptors (Lipinski definition) is 1. The van der Waals surface area contributed by atoms with Gasteiger partial charge in [0.2, 0.25) is 0 Å². The van der Waals surface area contributed by atoms with Gasteiger partial charge in [0.05, 0.1) is 0 Å². The van der Waals surface area contributed by atoms with Crippen molar-refractivity contribution in [2.45, 2.75) is 26.2 Å². The van der Waals surface area contributed by atoms with Crippen molar-refractivity contribution in [3.8, 4) is 11.1 Å². The summed E-state index contributed by atoms with van der Waals surface area (Å²) in [4.78, 5) is 4.03. The summed E-state index contributed by atoms with van der Waals surface area (Å²) in [5.74, 6) is -0.182. The van der Waals surface area contributed by atoms with Crippen LogP contribution in [0.2, 0.25) is 0 Å². The summed E-state index contributed by atoms with van der Waals surface area (Å²) in [6.45, 7) is 2.16. The third-order valence-electron chi connectivity index (χ3n) is 2.82. The second kappa shape index (κ2) is 5.58. The minimum atomic E-state index is -0.182. The van der Waals surface area contributed by atoms with E-state index >= 15 is 0 Å². The molecule has 0 aliphatic carbocycles. The molecule has 0 radical (unpaired) electrons. The van der Waals surface area contributed by atoms with Crippen molar-refractivity contribution in [2.75, 3.05) is 0 Å². The molecule has 0 atom stereocenters. The van der Waals surface area contributed by atoms with Gasteiger partial charge in [-0.3, -0.25) is 4.98 Å². The molecule has 1 nitrogen and oxygen atoms in total. The fourth-order valence-electron chi connectivity index (χ4n) is 1.85. The first-order valence-corrected chi connectivity index (χ1v) is 6.00. The summed E-state index contributed by atoms with van der Waals surface area (Å²) in [5, 5.41) is 0. The highest BCUT2D eigenvalue weighted by Crippen LogP contribution is 2.23. The molecule has 1 aromatic heterocycles. The van der Waals surface area contributed by atoms with Gasteiger partial charge >= 0.3 is 0 Å². The van der Waals surface area contributed by atoms with Crippen molar-refractivity contribution in [3.05, 3.63) is 54.1 Å². The third-order valence-corrected chi connectivity index (χ3v) is 2.82. The summed E-state index contributed by atoms with van der Waals surface area (Å²) < 4.78 is 13.7. The number of halogens is 1. The second-order valence-electron chi connectivity index (χ2n) is 4.16. The Hall–Kier alpha value is -1.70. The topological polar surface area (TPSA) is 12.9 Å². The monoisotopic (exact) mass is 229 g/mol. The molecule has 2 rings (SSSR count). The highest BCUT2D eigenvalue weighted by atomic mass is 19.1. The average Bonchev–Trinajstić information content (AvgIpc) is 2.39. The molecule has 0 fully saturated rings. The molecular formula is C15H16FN. The van der Waals surface area contributed by atoms with Gasteiger partial charge in [-0.15, -0.1) is 0 Å². The Balaban J connectivity index is 2.33. The van der Waals surface area contributed by atoms with Crippen LogP contribution >= 0.6 is 0 Å². The Morgan fingerprint density at radius 3 is 2.82 bits per heavy atom. The molecule has 0 unspecified atom stereocenters. The standard InChI is InChI=1S/C15H16FN/c1-2-3-5-12-7-8-15(16)14(10-12)13-6-4-9-17-11-13/h4,6-11H,2-3,5H2,1H3. The Labute approximate surface area is 101 Å². The zero-order chi connectivity index (χ0) is 12.1. The van der Waals surface area contributed by atoms with E-state index < -0.39 is 0 Å². The van der Waals surface area contributed by atoms with Gasteiger partial charge in [-0.25, -0.2) is 4.39 Å². The van der Waals surface area contributed by atoms with E-state index in [1.807, 2.05) is 24.3 Å². The van der Waals surface area contributed by atoms with E-state index in [-0.39, 0.29) is 5.82 Å². The van der Waals surface area contributed by atoms with Crippen LogP contribution in [-0.2, 0) is 6.42 Å². The van der Waals surface area contributed by atoms with Gasteiger partial charge in [-0.1, -0.05) is 25.5 Å². The summed E-state index contributed by atoms with van der Waals surface area (Å²) in [5.41, 5.74) is 2.67. The number of unbranched alkanes of at least 4 members (excludes halogenated alkanes) is 1. The van der Waals surface area contributed by atoms with E-state index in [1.165, 1.54) is 5.56 Å². The van der Waals surface area contributed by atoms with Gasteiger partial charge in [0.15, 0.2) is 0 Å². The number of rotatable bonds is 4. The first-order chi connectivity index (χ1) is 8.31. The van der Waals surface area contributed by atoms with E-state index in [1.54, 1.807) is 18.5 Å². The maximum Gasteiger partial charge on any atom is 0.131 e. The summed E-state index contributed by atoms with van der Waals surface area (Å²) in [6, 6.07) is 9.06. The molecular weight excluding hydrogens is 213 g/mol. The summed E-state index contributed by atoms with van der Waals surface area (Å²) in [7, 11) is 0. The van der Waals surface area contributed by atoms with Crippen LogP contribution in [0, 0.1) is 5.82 Å². The SMILES string of the molecule is CCCCc1ccc(F)c(-c2cccnc2)c1. The third kappa shape index (κ3) is 2.90. The van der Waals surface area contributed by atoms with E-state index in [0.717, 1.165) is 24.8 Å². The van der Waals surface area contributed by atoms with Crippen molar-refractivity contribution in [1.82, 2.24) is 4.98 Å². The van der Waals surface area contributed by atoms with Crippen molar-refractivity contribution in [3.63, 3.8) is 0 Å². The lowest BCUT2D eigenvalue weighted by atomic mass is 10.0. The first-order valence-electron chi connectivity index (χ1n) is 6.00. The highest BCUT2D eigenvalue weighted by molar-refractivity contribution is 5.63. The quantitative estimate of drug-likeness (QED) is 0.764. The first kappa shape index (κ1) is 11.8. The smallest absolute Gasteiger partial charge is 0.131 e. The van der Waals surface area contributed by atoms with Crippen LogP contribution in [0.25, 0.3) is 11.1 Å².